The maximum absolute atomic E-state index is 3.59. The third-order valence-electron chi connectivity index (χ3n) is 0.525. The second-order valence-electron chi connectivity index (χ2n) is 1.11. The van der Waals surface area contributed by atoms with Crippen LogP contribution >= 0.6 is 0 Å². The quantitative estimate of drug-likeness (QED) is 0.517. The number of hydrogen-bond acceptors (Lipinski definition) is 1. The largest absolute Gasteiger partial charge is 3.00 e. The summed E-state index contributed by atoms with van der Waals surface area (Å²) in [6.07, 6.45) is 2.06. The van der Waals surface area contributed by atoms with E-state index in [1.54, 1.807) is 0 Å². The molecule has 0 amide bonds. The van der Waals surface area contributed by atoms with E-state index in [4.69, 9.17) is 0 Å². The second kappa shape index (κ2) is 15.7. The first-order valence-electron chi connectivity index (χ1n) is 2.19. The first-order chi connectivity index (χ1) is 2.91. The molecule has 8 heavy (non-hydrogen) atoms. The molecule has 0 aromatic heterocycles. The molecular formula is C6H14NY. The van der Waals surface area contributed by atoms with Gasteiger partial charge in [-0.25, -0.2) is 0 Å². The van der Waals surface area contributed by atoms with E-state index >= 15 is 0 Å². The molecule has 0 aliphatic heterocycles. The van der Waals surface area contributed by atoms with E-state index in [-0.39, 0.29) is 40.1 Å². The Morgan fingerprint density at radius 3 is 2.25 bits per heavy atom. The molecule has 1 nitrogen and oxygen atoms in total. The SMILES string of the molecule is [CH2-]CNC[CH-]C.[CH3-].[Y+3]. The minimum absolute atomic E-state index is 0. The predicted molar refractivity (Wildman–Crippen MR) is 34.6 cm³/mol. The van der Waals surface area contributed by atoms with Gasteiger partial charge in [0.25, 0.3) is 0 Å². The van der Waals surface area contributed by atoms with Gasteiger partial charge < -0.3 is 26.1 Å². The minimum atomic E-state index is 0. The van der Waals surface area contributed by atoms with E-state index in [9.17, 15) is 0 Å². The molecule has 0 rings (SSSR count). The second-order valence-corrected chi connectivity index (χ2v) is 1.11. The van der Waals surface area contributed by atoms with E-state index in [0.29, 0.717) is 0 Å². The zero-order valence-corrected chi connectivity index (χ0v) is 8.61. The summed E-state index contributed by atoms with van der Waals surface area (Å²) >= 11 is 0. The zero-order valence-electron chi connectivity index (χ0n) is 5.78. The third kappa shape index (κ3) is 15.7. The summed E-state index contributed by atoms with van der Waals surface area (Å²) in [6.45, 7) is 7.41. The normalized spacial score (nSPS) is 6.75. The van der Waals surface area contributed by atoms with Crippen LogP contribution < -0.4 is 5.32 Å². The maximum Gasteiger partial charge on any atom is 3.00 e. The van der Waals surface area contributed by atoms with Crippen molar-refractivity contribution in [2.45, 2.75) is 6.92 Å². The Morgan fingerprint density at radius 2 is 2.12 bits per heavy atom. The van der Waals surface area contributed by atoms with Gasteiger partial charge in [-0.15, -0.1) is 13.1 Å². The number of rotatable bonds is 3. The van der Waals surface area contributed by atoms with Gasteiger partial charge in [0.15, 0.2) is 0 Å². The van der Waals surface area contributed by atoms with Crippen LogP contribution in [0.4, 0.5) is 0 Å². The van der Waals surface area contributed by atoms with Crippen molar-refractivity contribution in [2.24, 2.45) is 0 Å². The number of hydrogen-bond donors (Lipinski definition) is 1. The molecule has 0 aromatic carbocycles. The van der Waals surface area contributed by atoms with Crippen molar-refractivity contribution in [3.63, 3.8) is 0 Å². The van der Waals surface area contributed by atoms with Gasteiger partial charge >= 0.3 is 32.7 Å². The molecular weight excluding hydrogens is 175 g/mol. The van der Waals surface area contributed by atoms with Gasteiger partial charge in [-0.2, -0.15) is 6.92 Å². The van der Waals surface area contributed by atoms with Crippen LogP contribution in [0, 0.1) is 20.8 Å². The maximum atomic E-state index is 3.59. The third-order valence-corrected chi connectivity index (χ3v) is 0.525. The van der Waals surface area contributed by atoms with Gasteiger partial charge in [-0.3, -0.25) is 0 Å². The Hall–Kier alpha value is 1.06. The molecule has 0 saturated heterocycles. The molecule has 0 fully saturated rings. The smallest absolute Gasteiger partial charge is 0.376 e. The average Bonchev–Trinajstić information content (AvgIpc) is 1.61. The summed E-state index contributed by atoms with van der Waals surface area (Å²) in [5, 5.41) is 3.03. The van der Waals surface area contributed by atoms with Gasteiger partial charge in [0.05, 0.1) is 0 Å². The zero-order chi connectivity index (χ0) is 4.83. The van der Waals surface area contributed by atoms with Crippen LogP contribution in [0.3, 0.4) is 0 Å². The molecule has 0 spiro atoms. The molecule has 0 atom stereocenters. The summed E-state index contributed by atoms with van der Waals surface area (Å²) in [7, 11) is 0. The standard InChI is InChI=1S/C5H11N.CH3.Y/c1-3-5-6-4-2;;/h3,6H,2,4-5H2,1H3;1H3;/q-2;-1;+3. The Labute approximate surface area is 78.5 Å². The first-order valence-corrected chi connectivity index (χ1v) is 2.19. The van der Waals surface area contributed by atoms with Crippen LogP contribution in [0.1, 0.15) is 6.92 Å². The molecule has 1 N–H and O–H groups in total. The number of nitrogens with one attached hydrogen (secondary N) is 1. The van der Waals surface area contributed by atoms with Crippen molar-refractivity contribution >= 4 is 0 Å². The Morgan fingerprint density at radius 1 is 1.62 bits per heavy atom. The molecule has 46 valence electrons. The minimum Gasteiger partial charge on any atom is -0.376 e. The van der Waals surface area contributed by atoms with Gasteiger partial charge in [-0.1, -0.05) is 0 Å². The molecule has 0 aromatic rings. The van der Waals surface area contributed by atoms with Crippen LogP contribution in [0.25, 0.3) is 0 Å². The summed E-state index contributed by atoms with van der Waals surface area (Å²) in [5.74, 6) is 0. The molecule has 0 bridgehead atoms. The van der Waals surface area contributed by atoms with E-state index in [0.717, 1.165) is 13.1 Å². The van der Waals surface area contributed by atoms with Crippen molar-refractivity contribution in [3.8, 4) is 0 Å². The molecule has 0 radical (unpaired) electrons. The molecule has 2 heteroatoms. The first kappa shape index (κ1) is 16.0. The average molecular weight is 189 g/mol. The van der Waals surface area contributed by atoms with Crippen molar-refractivity contribution in [2.75, 3.05) is 13.1 Å². The van der Waals surface area contributed by atoms with Crippen LogP contribution in [0.2, 0.25) is 0 Å². The summed E-state index contributed by atoms with van der Waals surface area (Å²) < 4.78 is 0. The van der Waals surface area contributed by atoms with Crippen LogP contribution in [0.5, 0.6) is 0 Å². The molecule has 0 heterocycles. The van der Waals surface area contributed by atoms with Gasteiger partial charge in [0.1, 0.15) is 0 Å². The van der Waals surface area contributed by atoms with Crippen molar-refractivity contribution in [3.05, 3.63) is 20.8 Å². The monoisotopic (exact) mass is 189 g/mol. The fraction of sp³-hybridized carbons (Fsp3) is 0.500. The topological polar surface area (TPSA) is 12.0 Å². The van der Waals surface area contributed by atoms with E-state index < -0.39 is 0 Å². The molecule has 0 aliphatic carbocycles. The fourth-order valence-corrected chi connectivity index (χ4v) is 0.246. The van der Waals surface area contributed by atoms with Crippen LogP contribution in [-0.4, -0.2) is 13.1 Å². The Bertz CT molecular complexity index is 20.5. The summed E-state index contributed by atoms with van der Waals surface area (Å²) in [4.78, 5) is 0. The van der Waals surface area contributed by atoms with Gasteiger partial charge in [0, 0.05) is 0 Å². The molecule has 0 aliphatic rings. The van der Waals surface area contributed by atoms with Crippen molar-refractivity contribution in [1.29, 1.82) is 0 Å². The van der Waals surface area contributed by atoms with Crippen LogP contribution in [-0.2, 0) is 32.7 Å². The van der Waals surface area contributed by atoms with Crippen molar-refractivity contribution in [1.82, 2.24) is 5.32 Å². The Balaban J connectivity index is -0.000000125. The fourth-order valence-electron chi connectivity index (χ4n) is 0.246. The van der Waals surface area contributed by atoms with E-state index in [1.807, 2.05) is 6.92 Å². The van der Waals surface area contributed by atoms with E-state index in [2.05, 4.69) is 18.7 Å². The predicted octanol–water partition coefficient (Wildman–Crippen LogP) is 1.08. The summed E-state index contributed by atoms with van der Waals surface area (Å²) in [6, 6.07) is 0. The van der Waals surface area contributed by atoms with E-state index in [1.165, 1.54) is 0 Å². The molecule has 0 saturated carbocycles. The van der Waals surface area contributed by atoms with Crippen LogP contribution in [0.15, 0.2) is 0 Å². The Kier molecular flexibility index (Phi) is 31.4. The van der Waals surface area contributed by atoms with Crippen molar-refractivity contribution < 1.29 is 32.7 Å². The molecule has 0 unspecified atom stereocenters. The summed E-state index contributed by atoms with van der Waals surface area (Å²) in [5.41, 5.74) is 0. The van der Waals surface area contributed by atoms with Gasteiger partial charge in [0.2, 0.25) is 0 Å². The van der Waals surface area contributed by atoms with Gasteiger partial charge in [-0.05, 0) is 0 Å².